The minimum Gasteiger partial charge on any atom is -0.383 e. The van der Waals surface area contributed by atoms with Crippen LogP contribution in [0.2, 0.25) is 0 Å². The first kappa shape index (κ1) is 18.2. The Labute approximate surface area is 161 Å². The number of aromatic nitrogens is 5. The van der Waals surface area contributed by atoms with Gasteiger partial charge in [-0.15, -0.1) is 0 Å². The third-order valence-corrected chi connectivity index (χ3v) is 5.16. The number of benzene rings is 1. The molecule has 0 aliphatic heterocycles. The van der Waals surface area contributed by atoms with E-state index < -0.39 is 5.69 Å². The van der Waals surface area contributed by atoms with Gasteiger partial charge in [0.2, 0.25) is 5.78 Å². The van der Waals surface area contributed by atoms with E-state index in [-0.39, 0.29) is 18.7 Å². The summed E-state index contributed by atoms with van der Waals surface area (Å²) >= 11 is 0. The SMILES string of the molecule is CCc1ccccc1-n1c(C)cn2c3c(=O)n(CCOC)c(=O)n(C)c3nc12. The lowest BCUT2D eigenvalue weighted by Crippen LogP contribution is -2.40. The van der Waals surface area contributed by atoms with Crippen molar-refractivity contribution in [2.75, 3.05) is 13.7 Å². The van der Waals surface area contributed by atoms with Gasteiger partial charge in [0, 0.05) is 26.0 Å². The molecule has 28 heavy (non-hydrogen) atoms. The Morgan fingerprint density at radius 3 is 2.64 bits per heavy atom. The van der Waals surface area contributed by atoms with Gasteiger partial charge < -0.3 is 4.74 Å². The molecular formula is C20H23N5O3. The van der Waals surface area contributed by atoms with E-state index in [9.17, 15) is 9.59 Å². The highest BCUT2D eigenvalue weighted by Crippen LogP contribution is 2.23. The van der Waals surface area contributed by atoms with Gasteiger partial charge in [-0.2, -0.15) is 4.98 Å². The molecule has 0 atom stereocenters. The van der Waals surface area contributed by atoms with Crippen molar-refractivity contribution in [3.63, 3.8) is 0 Å². The lowest BCUT2D eigenvalue weighted by Gasteiger charge is -2.10. The van der Waals surface area contributed by atoms with Crippen LogP contribution in [0.4, 0.5) is 0 Å². The predicted molar refractivity (Wildman–Crippen MR) is 108 cm³/mol. The van der Waals surface area contributed by atoms with Crippen molar-refractivity contribution in [1.29, 1.82) is 0 Å². The van der Waals surface area contributed by atoms with Crippen LogP contribution < -0.4 is 11.2 Å². The van der Waals surface area contributed by atoms with Crippen LogP contribution in [0.3, 0.4) is 0 Å². The summed E-state index contributed by atoms with van der Waals surface area (Å²) in [5.74, 6) is 0.616. The molecule has 0 saturated carbocycles. The molecule has 4 rings (SSSR count). The first-order valence-electron chi connectivity index (χ1n) is 9.26. The Kier molecular flexibility index (Phi) is 4.43. The van der Waals surface area contributed by atoms with Gasteiger partial charge in [0.15, 0.2) is 11.2 Å². The number of nitrogens with zero attached hydrogens (tertiary/aromatic N) is 5. The van der Waals surface area contributed by atoms with Crippen molar-refractivity contribution < 1.29 is 4.74 Å². The molecule has 3 heterocycles. The molecule has 0 aliphatic carbocycles. The van der Waals surface area contributed by atoms with Crippen molar-refractivity contribution in [2.45, 2.75) is 26.8 Å². The lowest BCUT2D eigenvalue weighted by atomic mass is 10.1. The van der Waals surface area contributed by atoms with Crippen molar-refractivity contribution in [3.8, 4) is 5.69 Å². The van der Waals surface area contributed by atoms with E-state index in [1.54, 1.807) is 18.6 Å². The minimum atomic E-state index is -0.396. The fourth-order valence-electron chi connectivity index (χ4n) is 3.72. The van der Waals surface area contributed by atoms with Gasteiger partial charge in [-0.3, -0.25) is 22.9 Å². The van der Waals surface area contributed by atoms with Gasteiger partial charge in [0.1, 0.15) is 0 Å². The van der Waals surface area contributed by atoms with Crippen LogP contribution in [0.1, 0.15) is 18.2 Å². The smallest absolute Gasteiger partial charge is 0.332 e. The summed E-state index contributed by atoms with van der Waals surface area (Å²) in [5.41, 5.74) is 3.18. The Morgan fingerprint density at radius 1 is 1.18 bits per heavy atom. The van der Waals surface area contributed by atoms with Crippen LogP contribution in [0, 0.1) is 6.92 Å². The van der Waals surface area contributed by atoms with Crippen LogP contribution in [-0.4, -0.2) is 36.8 Å². The first-order valence-corrected chi connectivity index (χ1v) is 9.26. The summed E-state index contributed by atoms with van der Waals surface area (Å²) in [6, 6.07) is 8.13. The van der Waals surface area contributed by atoms with Crippen molar-refractivity contribution >= 4 is 16.9 Å². The molecule has 3 aromatic heterocycles. The van der Waals surface area contributed by atoms with E-state index in [4.69, 9.17) is 4.74 Å². The summed E-state index contributed by atoms with van der Waals surface area (Å²) < 4.78 is 11.5. The summed E-state index contributed by atoms with van der Waals surface area (Å²) in [6.07, 6.45) is 2.77. The second-order valence-corrected chi connectivity index (χ2v) is 6.83. The molecule has 0 N–H and O–H groups in total. The second-order valence-electron chi connectivity index (χ2n) is 6.83. The Hall–Kier alpha value is -3.13. The molecule has 0 saturated heterocycles. The van der Waals surface area contributed by atoms with Gasteiger partial charge in [0.25, 0.3) is 5.56 Å². The molecule has 8 heteroatoms. The summed E-state index contributed by atoms with van der Waals surface area (Å²) in [7, 11) is 3.18. The number of rotatable bonds is 5. The van der Waals surface area contributed by atoms with E-state index >= 15 is 0 Å². The monoisotopic (exact) mass is 381 g/mol. The molecule has 4 aromatic rings. The number of aryl methyl sites for hydroxylation is 3. The Bertz CT molecular complexity index is 1310. The minimum absolute atomic E-state index is 0.198. The van der Waals surface area contributed by atoms with Crippen LogP contribution in [0.15, 0.2) is 40.1 Å². The average molecular weight is 381 g/mol. The van der Waals surface area contributed by atoms with E-state index in [1.165, 1.54) is 14.7 Å². The Balaban J connectivity index is 2.10. The van der Waals surface area contributed by atoms with Gasteiger partial charge >= 0.3 is 5.69 Å². The average Bonchev–Trinajstić information content (AvgIpc) is 3.20. The highest BCUT2D eigenvalue weighted by molar-refractivity contribution is 5.76. The molecule has 0 aliphatic rings. The van der Waals surface area contributed by atoms with E-state index in [1.807, 2.05) is 35.9 Å². The molecule has 0 radical (unpaired) electrons. The van der Waals surface area contributed by atoms with Crippen LogP contribution in [-0.2, 0) is 24.8 Å². The predicted octanol–water partition coefficient (Wildman–Crippen LogP) is 1.66. The fourth-order valence-corrected chi connectivity index (χ4v) is 3.72. The quantitative estimate of drug-likeness (QED) is 0.527. The number of hydrogen-bond donors (Lipinski definition) is 0. The zero-order valence-electron chi connectivity index (χ0n) is 16.5. The van der Waals surface area contributed by atoms with Crippen LogP contribution in [0.5, 0.6) is 0 Å². The second kappa shape index (κ2) is 6.79. The largest absolute Gasteiger partial charge is 0.383 e. The van der Waals surface area contributed by atoms with Gasteiger partial charge in [-0.05, 0) is 25.0 Å². The molecule has 0 amide bonds. The van der Waals surface area contributed by atoms with Gasteiger partial charge in [0.05, 0.1) is 18.8 Å². The van der Waals surface area contributed by atoms with E-state index in [0.717, 1.165) is 17.8 Å². The normalized spacial score (nSPS) is 11.7. The molecule has 1 aromatic carbocycles. The molecule has 0 unspecified atom stereocenters. The highest BCUT2D eigenvalue weighted by Gasteiger charge is 2.21. The number of para-hydroxylation sites is 1. The van der Waals surface area contributed by atoms with Gasteiger partial charge in [-0.25, -0.2) is 4.79 Å². The molecule has 146 valence electrons. The van der Waals surface area contributed by atoms with E-state index in [2.05, 4.69) is 18.0 Å². The maximum absolute atomic E-state index is 13.1. The molecule has 0 spiro atoms. The van der Waals surface area contributed by atoms with Crippen molar-refractivity contribution in [3.05, 3.63) is 62.6 Å². The summed E-state index contributed by atoms with van der Waals surface area (Å²) in [6.45, 7) is 4.57. The van der Waals surface area contributed by atoms with Crippen molar-refractivity contribution in [1.82, 2.24) is 23.1 Å². The lowest BCUT2D eigenvalue weighted by molar-refractivity contribution is 0.184. The zero-order chi connectivity index (χ0) is 20.0. The molecule has 0 bridgehead atoms. The number of ether oxygens (including phenoxy) is 1. The third-order valence-electron chi connectivity index (χ3n) is 5.16. The number of hydrogen-bond acceptors (Lipinski definition) is 4. The Morgan fingerprint density at radius 2 is 1.93 bits per heavy atom. The van der Waals surface area contributed by atoms with Gasteiger partial charge in [-0.1, -0.05) is 25.1 Å². The van der Waals surface area contributed by atoms with Crippen LogP contribution >= 0.6 is 0 Å². The molecule has 0 fully saturated rings. The third kappa shape index (κ3) is 2.52. The topological polar surface area (TPSA) is 75.5 Å². The zero-order valence-corrected chi connectivity index (χ0v) is 16.5. The van der Waals surface area contributed by atoms with Crippen LogP contribution in [0.25, 0.3) is 22.6 Å². The number of fused-ring (bicyclic) bond motifs is 3. The van der Waals surface area contributed by atoms with E-state index in [0.29, 0.717) is 16.9 Å². The molecule has 8 nitrogen and oxygen atoms in total. The summed E-state index contributed by atoms with van der Waals surface area (Å²) in [4.78, 5) is 30.4. The summed E-state index contributed by atoms with van der Waals surface area (Å²) in [5, 5.41) is 0. The number of methoxy groups -OCH3 is 1. The molecular weight excluding hydrogens is 358 g/mol. The maximum Gasteiger partial charge on any atom is 0.332 e. The fraction of sp³-hybridized carbons (Fsp3) is 0.350. The first-order chi connectivity index (χ1) is 13.5. The standard InChI is InChI=1S/C20H23N5O3/c1-5-14-8-6-7-9-15(14)25-13(2)12-24-16-17(21-19(24)25)22(3)20(27)23(18(16)26)10-11-28-4/h6-9,12H,5,10-11H2,1-4H3. The van der Waals surface area contributed by atoms with Crippen molar-refractivity contribution in [2.24, 2.45) is 7.05 Å². The highest BCUT2D eigenvalue weighted by atomic mass is 16.5. The number of imidazole rings is 2. The maximum atomic E-state index is 13.1.